The molecule has 0 radical (unpaired) electrons. The van der Waals surface area contributed by atoms with Crippen molar-refractivity contribution in [1.29, 1.82) is 0 Å². The number of hydrogen-bond donors (Lipinski definition) is 2. The molecule has 1 aromatic heterocycles. The molecule has 0 saturated carbocycles. The van der Waals surface area contributed by atoms with Gasteiger partial charge in [0.25, 0.3) is 0 Å². The Morgan fingerprint density at radius 2 is 1.90 bits per heavy atom. The second-order valence-corrected chi connectivity index (χ2v) is 4.64. The molecule has 0 aliphatic rings. The van der Waals surface area contributed by atoms with Crippen LogP contribution in [0.5, 0.6) is 0 Å². The summed E-state index contributed by atoms with van der Waals surface area (Å²) in [5.41, 5.74) is 2.79. The van der Waals surface area contributed by atoms with Gasteiger partial charge in [-0.3, -0.25) is 9.98 Å². The molecule has 5 heteroatoms. The maximum atomic E-state index is 13.5. The summed E-state index contributed by atoms with van der Waals surface area (Å²) in [6, 6.07) is 11.1. The number of nitrogens with zero attached hydrogens (tertiary/aromatic N) is 2. The van der Waals surface area contributed by atoms with Crippen molar-refractivity contribution >= 4 is 5.96 Å². The second kappa shape index (κ2) is 7.38. The van der Waals surface area contributed by atoms with Gasteiger partial charge in [0.2, 0.25) is 0 Å². The average Bonchev–Trinajstić information content (AvgIpc) is 2.50. The molecule has 0 fully saturated rings. The van der Waals surface area contributed by atoms with Crippen molar-refractivity contribution in [3.05, 3.63) is 65.2 Å². The van der Waals surface area contributed by atoms with E-state index in [4.69, 9.17) is 0 Å². The SMILES string of the molecule is CN=C(NCc1ccccc1C)NCc1ncccc1F. The van der Waals surface area contributed by atoms with Crippen molar-refractivity contribution in [3.63, 3.8) is 0 Å². The van der Waals surface area contributed by atoms with E-state index in [0.29, 0.717) is 24.7 Å². The number of aromatic nitrogens is 1. The number of aliphatic imine (C=N–C) groups is 1. The van der Waals surface area contributed by atoms with Crippen molar-refractivity contribution < 1.29 is 4.39 Å². The molecule has 4 nitrogen and oxygen atoms in total. The first-order chi connectivity index (χ1) is 10.2. The Morgan fingerprint density at radius 1 is 1.14 bits per heavy atom. The predicted octanol–water partition coefficient (Wildman–Crippen LogP) is 2.39. The van der Waals surface area contributed by atoms with Crippen molar-refractivity contribution in [1.82, 2.24) is 15.6 Å². The lowest BCUT2D eigenvalue weighted by atomic mass is 10.1. The Kier molecular flexibility index (Phi) is 5.26. The molecule has 2 aromatic rings. The highest BCUT2D eigenvalue weighted by atomic mass is 19.1. The zero-order valence-corrected chi connectivity index (χ0v) is 12.2. The third-order valence-corrected chi connectivity index (χ3v) is 3.19. The summed E-state index contributed by atoms with van der Waals surface area (Å²) in [7, 11) is 1.68. The van der Waals surface area contributed by atoms with Crippen LogP contribution >= 0.6 is 0 Å². The van der Waals surface area contributed by atoms with E-state index in [2.05, 4.69) is 39.7 Å². The molecule has 1 aromatic carbocycles. The zero-order chi connectivity index (χ0) is 15.1. The van der Waals surface area contributed by atoms with Gasteiger partial charge in [-0.2, -0.15) is 0 Å². The van der Waals surface area contributed by atoms with E-state index in [1.165, 1.54) is 17.2 Å². The van der Waals surface area contributed by atoms with Crippen molar-refractivity contribution in [2.75, 3.05) is 7.05 Å². The van der Waals surface area contributed by atoms with Crippen LogP contribution in [-0.4, -0.2) is 18.0 Å². The van der Waals surface area contributed by atoms with E-state index in [1.54, 1.807) is 19.3 Å². The average molecular weight is 286 g/mol. The van der Waals surface area contributed by atoms with E-state index < -0.39 is 0 Å². The van der Waals surface area contributed by atoms with E-state index in [0.717, 1.165) is 0 Å². The van der Waals surface area contributed by atoms with E-state index in [-0.39, 0.29) is 5.82 Å². The number of nitrogens with one attached hydrogen (secondary N) is 2. The highest BCUT2D eigenvalue weighted by molar-refractivity contribution is 5.79. The quantitative estimate of drug-likeness (QED) is 0.670. The molecule has 0 atom stereocenters. The predicted molar refractivity (Wildman–Crippen MR) is 82.4 cm³/mol. The summed E-state index contributed by atoms with van der Waals surface area (Å²) in [6.07, 6.45) is 1.57. The first-order valence-corrected chi connectivity index (χ1v) is 6.79. The molecule has 2 N–H and O–H groups in total. The molecule has 21 heavy (non-hydrogen) atoms. The Bertz CT molecular complexity index is 574. The molecule has 0 unspecified atom stereocenters. The lowest BCUT2D eigenvalue weighted by molar-refractivity contribution is 0.592. The van der Waals surface area contributed by atoms with Crippen LogP contribution in [0.4, 0.5) is 4.39 Å². The molecule has 0 saturated heterocycles. The number of hydrogen-bond acceptors (Lipinski definition) is 2. The van der Waals surface area contributed by atoms with Gasteiger partial charge in [0.05, 0.1) is 12.2 Å². The molecule has 0 amide bonds. The van der Waals surface area contributed by atoms with Gasteiger partial charge in [0.15, 0.2) is 5.96 Å². The fourth-order valence-electron chi connectivity index (χ4n) is 1.92. The molecule has 2 rings (SSSR count). The standard InChI is InChI=1S/C16H19FN4/c1-12-6-3-4-7-13(12)10-20-16(18-2)21-11-15-14(17)8-5-9-19-15/h3-9H,10-11H2,1-2H3,(H2,18,20,21). The molecular formula is C16H19FN4. The minimum atomic E-state index is -0.320. The zero-order valence-electron chi connectivity index (χ0n) is 12.2. The summed E-state index contributed by atoms with van der Waals surface area (Å²) in [5, 5.41) is 6.26. The Balaban J connectivity index is 1.90. The van der Waals surface area contributed by atoms with Gasteiger partial charge >= 0.3 is 0 Å². The van der Waals surface area contributed by atoms with Crippen LogP contribution < -0.4 is 10.6 Å². The molecule has 110 valence electrons. The van der Waals surface area contributed by atoms with Crippen molar-refractivity contribution in [3.8, 4) is 0 Å². The summed E-state index contributed by atoms with van der Waals surface area (Å²) >= 11 is 0. The minimum absolute atomic E-state index is 0.292. The Hall–Kier alpha value is -2.43. The van der Waals surface area contributed by atoms with E-state index >= 15 is 0 Å². The number of guanidine groups is 1. The lowest BCUT2D eigenvalue weighted by Gasteiger charge is -2.13. The molecule has 0 aliphatic heterocycles. The molecule has 0 bridgehead atoms. The Labute approximate surface area is 124 Å². The minimum Gasteiger partial charge on any atom is -0.352 e. The van der Waals surface area contributed by atoms with Gasteiger partial charge in [-0.15, -0.1) is 0 Å². The first-order valence-electron chi connectivity index (χ1n) is 6.79. The number of benzene rings is 1. The summed E-state index contributed by atoms with van der Waals surface area (Å²) in [4.78, 5) is 8.12. The van der Waals surface area contributed by atoms with Gasteiger partial charge in [0.1, 0.15) is 5.82 Å². The molecule has 0 spiro atoms. The normalized spacial score (nSPS) is 11.3. The van der Waals surface area contributed by atoms with Crippen LogP contribution in [-0.2, 0) is 13.1 Å². The van der Waals surface area contributed by atoms with Crippen LogP contribution in [0.15, 0.2) is 47.6 Å². The number of rotatable bonds is 4. The third-order valence-electron chi connectivity index (χ3n) is 3.19. The lowest BCUT2D eigenvalue weighted by Crippen LogP contribution is -2.36. The van der Waals surface area contributed by atoms with Crippen LogP contribution in [0.1, 0.15) is 16.8 Å². The van der Waals surface area contributed by atoms with Crippen LogP contribution in [0.3, 0.4) is 0 Å². The van der Waals surface area contributed by atoms with Gasteiger partial charge in [-0.25, -0.2) is 4.39 Å². The number of pyridine rings is 1. The maximum absolute atomic E-state index is 13.5. The number of halogens is 1. The highest BCUT2D eigenvalue weighted by Gasteiger charge is 2.04. The first kappa shape index (κ1) is 15.0. The van der Waals surface area contributed by atoms with E-state index in [9.17, 15) is 4.39 Å². The monoisotopic (exact) mass is 286 g/mol. The molecule has 0 aliphatic carbocycles. The maximum Gasteiger partial charge on any atom is 0.191 e. The van der Waals surface area contributed by atoms with Crippen LogP contribution in [0.25, 0.3) is 0 Å². The Morgan fingerprint density at radius 3 is 2.62 bits per heavy atom. The third kappa shape index (κ3) is 4.27. The van der Waals surface area contributed by atoms with E-state index in [1.807, 2.05) is 12.1 Å². The van der Waals surface area contributed by atoms with Gasteiger partial charge in [-0.05, 0) is 30.2 Å². The molecule has 1 heterocycles. The highest BCUT2D eigenvalue weighted by Crippen LogP contribution is 2.06. The van der Waals surface area contributed by atoms with Crippen molar-refractivity contribution in [2.45, 2.75) is 20.0 Å². The molecular weight excluding hydrogens is 267 g/mol. The van der Waals surface area contributed by atoms with Gasteiger partial charge in [-0.1, -0.05) is 24.3 Å². The number of aryl methyl sites for hydroxylation is 1. The van der Waals surface area contributed by atoms with Crippen LogP contribution in [0, 0.1) is 12.7 Å². The van der Waals surface area contributed by atoms with Crippen molar-refractivity contribution in [2.24, 2.45) is 4.99 Å². The fourth-order valence-corrected chi connectivity index (χ4v) is 1.92. The van der Waals surface area contributed by atoms with Gasteiger partial charge < -0.3 is 10.6 Å². The van der Waals surface area contributed by atoms with Crippen LogP contribution in [0.2, 0.25) is 0 Å². The fraction of sp³-hybridized carbons (Fsp3) is 0.250. The largest absolute Gasteiger partial charge is 0.352 e. The topological polar surface area (TPSA) is 49.3 Å². The van der Waals surface area contributed by atoms with Gasteiger partial charge in [0, 0.05) is 19.8 Å². The summed E-state index contributed by atoms with van der Waals surface area (Å²) in [6.45, 7) is 3.02. The summed E-state index contributed by atoms with van der Waals surface area (Å²) < 4.78 is 13.5. The smallest absolute Gasteiger partial charge is 0.191 e. The second-order valence-electron chi connectivity index (χ2n) is 4.64. The summed E-state index contributed by atoms with van der Waals surface area (Å²) in [5.74, 6) is 0.294.